The smallest absolute Gasteiger partial charge is 0.232 e. The summed E-state index contributed by atoms with van der Waals surface area (Å²) in [5.41, 5.74) is 4.61. The standard InChI is InChI=1S/C26H24O4/c1-4-28-21-11-9-19(10-12-21)14-24-26(27)25-18(3)13-22(15-23(25)30-24)29-16-20-7-5-17(2)6-8-20/h5-15H,4,16H2,1-3H3/b24-14-. The van der Waals surface area contributed by atoms with Crippen LogP contribution in [0, 0.1) is 13.8 Å². The number of carbonyl (C=O) groups excluding carboxylic acids is 1. The monoisotopic (exact) mass is 400 g/mol. The van der Waals surface area contributed by atoms with Gasteiger partial charge in [-0.3, -0.25) is 4.79 Å². The van der Waals surface area contributed by atoms with Crippen molar-refractivity contribution in [3.63, 3.8) is 0 Å². The van der Waals surface area contributed by atoms with Gasteiger partial charge in [-0.2, -0.15) is 0 Å². The lowest BCUT2D eigenvalue weighted by molar-refractivity contribution is 0.101. The van der Waals surface area contributed by atoms with Crippen molar-refractivity contribution in [1.29, 1.82) is 0 Å². The molecule has 0 saturated carbocycles. The van der Waals surface area contributed by atoms with Crippen molar-refractivity contribution in [2.45, 2.75) is 27.4 Å². The number of rotatable bonds is 6. The third kappa shape index (κ3) is 4.23. The molecule has 0 radical (unpaired) electrons. The minimum absolute atomic E-state index is 0.110. The summed E-state index contributed by atoms with van der Waals surface area (Å²) >= 11 is 0. The zero-order chi connectivity index (χ0) is 21.1. The summed E-state index contributed by atoms with van der Waals surface area (Å²) in [5, 5.41) is 0. The van der Waals surface area contributed by atoms with E-state index in [4.69, 9.17) is 14.2 Å². The van der Waals surface area contributed by atoms with Crippen molar-refractivity contribution < 1.29 is 19.0 Å². The zero-order valence-corrected chi connectivity index (χ0v) is 17.4. The molecule has 0 bridgehead atoms. The summed E-state index contributed by atoms with van der Waals surface area (Å²) in [7, 11) is 0. The molecule has 4 nitrogen and oxygen atoms in total. The average molecular weight is 400 g/mol. The minimum atomic E-state index is -0.110. The lowest BCUT2D eigenvalue weighted by atomic mass is 10.0. The Kier molecular flexibility index (Phi) is 5.57. The van der Waals surface area contributed by atoms with Crippen molar-refractivity contribution in [1.82, 2.24) is 0 Å². The van der Waals surface area contributed by atoms with Crippen LogP contribution in [-0.4, -0.2) is 12.4 Å². The first-order valence-electron chi connectivity index (χ1n) is 10.0. The van der Waals surface area contributed by atoms with Crippen molar-refractivity contribution in [3.8, 4) is 17.2 Å². The highest BCUT2D eigenvalue weighted by Crippen LogP contribution is 2.37. The summed E-state index contributed by atoms with van der Waals surface area (Å²) < 4.78 is 17.3. The Labute approximate surface area is 176 Å². The van der Waals surface area contributed by atoms with Gasteiger partial charge >= 0.3 is 0 Å². The molecule has 0 aromatic heterocycles. The predicted octanol–water partition coefficient (Wildman–Crippen LogP) is 5.90. The maximum atomic E-state index is 12.9. The molecule has 0 spiro atoms. The van der Waals surface area contributed by atoms with Crippen LogP contribution in [0.1, 0.15) is 39.5 Å². The molecule has 152 valence electrons. The molecule has 1 heterocycles. The predicted molar refractivity (Wildman–Crippen MR) is 117 cm³/mol. The van der Waals surface area contributed by atoms with Crippen LogP contribution in [0.25, 0.3) is 6.08 Å². The molecule has 4 heteroatoms. The van der Waals surface area contributed by atoms with Gasteiger partial charge in [0.1, 0.15) is 23.9 Å². The highest BCUT2D eigenvalue weighted by Gasteiger charge is 2.30. The molecular formula is C26H24O4. The van der Waals surface area contributed by atoms with E-state index >= 15 is 0 Å². The molecule has 0 fully saturated rings. The van der Waals surface area contributed by atoms with Crippen LogP contribution in [0.15, 0.2) is 66.4 Å². The van der Waals surface area contributed by atoms with E-state index in [-0.39, 0.29) is 5.78 Å². The van der Waals surface area contributed by atoms with Crippen LogP contribution < -0.4 is 14.2 Å². The average Bonchev–Trinajstić information content (AvgIpc) is 3.05. The SMILES string of the molecule is CCOc1ccc(/C=C2\Oc3cc(OCc4ccc(C)cc4)cc(C)c3C2=O)cc1. The highest BCUT2D eigenvalue weighted by molar-refractivity contribution is 6.15. The summed E-state index contributed by atoms with van der Waals surface area (Å²) in [6.45, 7) is 6.98. The Balaban J connectivity index is 1.52. The Morgan fingerprint density at radius 1 is 0.900 bits per heavy atom. The van der Waals surface area contributed by atoms with Gasteiger partial charge in [0.25, 0.3) is 0 Å². The van der Waals surface area contributed by atoms with Gasteiger partial charge in [0.15, 0.2) is 5.76 Å². The number of ketones is 1. The number of allylic oxidation sites excluding steroid dienone is 1. The summed E-state index contributed by atoms with van der Waals surface area (Å²) in [6, 6.07) is 19.5. The first-order chi connectivity index (χ1) is 14.5. The molecule has 1 aliphatic heterocycles. The normalized spacial score (nSPS) is 13.8. The summed E-state index contributed by atoms with van der Waals surface area (Å²) in [6.07, 6.45) is 1.75. The van der Waals surface area contributed by atoms with E-state index < -0.39 is 0 Å². The van der Waals surface area contributed by atoms with E-state index in [9.17, 15) is 4.79 Å². The third-order valence-electron chi connectivity index (χ3n) is 4.96. The van der Waals surface area contributed by atoms with Gasteiger partial charge in [-0.1, -0.05) is 42.0 Å². The number of hydrogen-bond donors (Lipinski definition) is 0. The Bertz CT molecular complexity index is 1090. The van der Waals surface area contributed by atoms with E-state index in [2.05, 4.69) is 19.1 Å². The van der Waals surface area contributed by atoms with Gasteiger partial charge in [0.05, 0.1) is 12.2 Å². The largest absolute Gasteiger partial charge is 0.494 e. The fourth-order valence-electron chi connectivity index (χ4n) is 3.39. The molecule has 3 aromatic rings. The first kappa shape index (κ1) is 19.8. The third-order valence-corrected chi connectivity index (χ3v) is 4.96. The second-order valence-electron chi connectivity index (χ2n) is 7.33. The Morgan fingerprint density at radius 3 is 2.33 bits per heavy atom. The maximum Gasteiger partial charge on any atom is 0.232 e. The molecule has 0 atom stereocenters. The number of benzene rings is 3. The van der Waals surface area contributed by atoms with Gasteiger partial charge in [0.2, 0.25) is 5.78 Å². The lowest BCUT2D eigenvalue weighted by Gasteiger charge is -2.09. The van der Waals surface area contributed by atoms with Crippen molar-refractivity contribution in [2.75, 3.05) is 6.61 Å². The van der Waals surface area contributed by atoms with Crippen LogP contribution in [0.4, 0.5) is 0 Å². The van der Waals surface area contributed by atoms with E-state index in [0.717, 1.165) is 22.4 Å². The van der Waals surface area contributed by atoms with Crippen LogP contribution in [-0.2, 0) is 6.61 Å². The molecule has 30 heavy (non-hydrogen) atoms. The molecule has 4 rings (SSSR count). The van der Waals surface area contributed by atoms with Gasteiger partial charge in [-0.15, -0.1) is 0 Å². The quantitative estimate of drug-likeness (QED) is 0.484. The van der Waals surface area contributed by atoms with Gasteiger partial charge in [0, 0.05) is 6.07 Å². The number of fused-ring (bicyclic) bond motifs is 1. The fraction of sp³-hybridized carbons (Fsp3) is 0.192. The summed E-state index contributed by atoms with van der Waals surface area (Å²) in [5.74, 6) is 2.22. The van der Waals surface area contributed by atoms with Gasteiger partial charge < -0.3 is 14.2 Å². The Hall–Kier alpha value is -3.53. The van der Waals surface area contributed by atoms with Crippen molar-refractivity contribution in [2.24, 2.45) is 0 Å². The van der Waals surface area contributed by atoms with E-state index in [1.54, 1.807) is 12.1 Å². The van der Waals surface area contributed by atoms with Crippen molar-refractivity contribution >= 4 is 11.9 Å². The molecular weight excluding hydrogens is 376 g/mol. The topological polar surface area (TPSA) is 44.8 Å². The molecule has 0 unspecified atom stereocenters. The van der Waals surface area contributed by atoms with E-state index in [0.29, 0.717) is 36.0 Å². The van der Waals surface area contributed by atoms with Crippen LogP contribution >= 0.6 is 0 Å². The second-order valence-corrected chi connectivity index (χ2v) is 7.33. The summed E-state index contributed by atoms with van der Waals surface area (Å²) in [4.78, 5) is 12.9. The van der Waals surface area contributed by atoms with E-state index in [1.165, 1.54) is 5.56 Å². The number of Topliss-reactive ketones (excluding diaryl/α,β-unsaturated/α-hetero) is 1. The molecule has 1 aliphatic rings. The van der Waals surface area contributed by atoms with Gasteiger partial charge in [-0.05, 0) is 61.7 Å². The zero-order valence-electron chi connectivity index (χ0n) is 17.4. The minimum Gasteiger partial charge on any atom is -0.494 e. The Morgan fingerprint density at radius 2 is 1.63 bits per heavy atom. The van der Waals surface area contributed by atoms with Crippen LogP contribution in [0.2, 0.25) is 0 Å². The number of ether oxygens (including phenoxy) is 3. The van der Waals surface area contributed by atoms with Crippen molar-refractivity contribution in [3.05, 3.63) is 94.2 Å². The van der Waals surface area contributed by atoms with Gasteiger partial charge in [-0.25, -0.2) is 0 Å². The molecule has 0 N–H and O–H groups in total. The number of hydrogen-bond acceptors (Lipinski definition) is 4. The molecule has 0 saturated heterocycles. The maximum absolute atomic E-state index is 12.9. The number of aryl methyl sites for hydroxylation is 2. The van der Waals surface area contributed by atoms with E-state index in [1.807, 2.05) is 56.3 Å². The fourth-order valence-corrected chi connectivity index (χ4v) is 3.39. The molecule has 0 aliphatic carbocycles. The highest BCUT2D eigenvalue weighted by atomic mass is 16.5. The number of carbonyl (C=O) groups is 1. The molecule has 3 aromatic carbocycles. The first-order valence-corrected chi connectivity index (χ1v) is 10.0. The van der Waals surface area contributed by atoms with Crippen LogP contribution in [0.3, 0.4) is 0 Å². The molecule has 0 amide bonds. The lowest BCUT2D eigenvalue weighted by Crippen LogP contribution is -2.00. The second kappa shape index (κ2) is 8.46. The van der Waals surface area contributed by atoms with Crippen LogP contribution in [0.5, 0.6) is 17.2 Å².